The number of nitro groups is 1. The number of non-ortho nitro benzene ring substituents is 1. The fraction of sp³-hybridized carbons (Fsp3) is 0.150. The van der Waals surface area contributed by atoms with E-state index in [-0.39, 0.29) is 35.0 Å². The molecule has 0 saturated carbocycles. The van der Waals surface area contributed by atoms with Crippen LogP contribution in [0.3, 0.4) is 0 Å². The van der Waals surface area contributed by atoms with Gasteiger partial charge < -0.3 is 0 Å². The minimum Gasteiger partial charge on any atom is -0.290 e. The quantitative estimate of drug-likeness (QED) is 0.266. The molecule has 0 unspecified atom stereocenters. The smallest absolute Gasteiger partial charge is 0.287 e. The lowest BCUT2D eigenvalue weighted by Crippen LogP contribution is -2.37. The van der Waals surface area contributed by atoms with Gasteiger partial charge in [-0.05, 0) is 24.4 Å². The van der Waals surface area contributed by atoms with Gasteiger partial charge in [0.1, 0.15) is 0 Å². The first-order valence-corrected chi connectivity index (χ1v) is 8.14. The SMILES string of the molecule is Br.Cc1ccc(-c2cc[n+](CC(=O)c3cccc([N+](=O)[O-])c3)cn2)c(C)c1. The van der Waals surface area contributed by atoms with Gasteiger partial charge in [0.25, 0.3) is 12.0 Å². The summed E-state index contributed by atoms with van der Waals surface area (Å²) in [5.41, 5.74) is 4.44. The van der Waals surface area contributed by atoms with Gasteiger partial charge in [0, 0.05) is 29.3 Å². The van der Waals surface area contributed by atoms with Gasteiger partial charge in [-0.25, -0.2) is 4.57 Å². The number of aromatic nitrogens is 2. The summed E-state index contributed by atoms with van der Waals surface area (Å²) in [7, 11) is 0. The lowest BCUT2D eigenvalue weighted by atomic mass is 10.0. The molecule has 0 amide bonds. The third-order valence-electron chi connectivity index (χ3n) is 4.13. The molecular weight excluding hydrogens is 410 g/mol. The number of nitrogens with zero attached hydrogens (tertiary/aromatic N) is 3. The zero-order valence-corrected chi connectivity index (χ0v) is 16.7. The highest BCUT2D eigenvalue weighted by atomic mass is 79.9. The van der Waals surface area contributed by atoms with Crippen molar-refractivity contribution in [2.45, 2.75) is 20.4 Å². The van der Waals surface area contributed by atoms with E-state index in [0.717, 1.165) is 16.8 Å². The summed E-state index contributed by atoms with van der Waals surface area (Å²) in [6, 6.07) is 13.8. The second kappa shape index (κ2) is 8.64. The molecule has 0 spiro atoms. The Bertz CT molecular complexity index is 988. The van der Waals surface area contributed by atoms with Crippen molar-refractivity contribution in [2.24, 2.45) is 0 Å². The van der Waals surface area contributed by atoms with Gasteiger partial charge in [0.2, 0.25) is 5.78 Å². The third kappa shape index (κ3) is 4.83. The number of aryl methyl sites for hydroxylation is 2. The normalized spacial score (nSPS) is 10.1. The van der Waals surface area contributed by atoms with Crippen molar-refractivity contribution in [1.29, 1.82) is 0 Å². The van der Waals surface area contributed by atoms with E-state index in [2.05, 4.69) is 11.1 Å². The second-order valence-corrected chi connectivity index (χ2v) is 6.17. The molecule has 0 aliphatic rings. The van der Waals surface area contributed by atoms with Gasteiger partial charge in [-0.15, -0.1) is 17.0 Å². The Balaban J connectivity index is 0.00000261. The average Bonchev–Trinajstić information content (AvgIpc) is 2.63. The molecule has 0 bridgehead atoms. The van der Waals surface area contributed by atoms with Crippen LogP contribution in [0.1, 0.15) is 21.5 Å². The van der Waals surface area contributed by atoms with Crippen LogP contribution >= 0.6 is 17.0 Å². The van der Waals surface area contributed by atoms with Crippen LogP contribution in [0.5, 0.6) is 0 Å². The van der Waals surface area contributed by atoms with Crippen LogP contribution in [0.2, 0.25) is 0 Å². The van der Waals surface area contributed by atoms with E-state index in [1.807, 2.05) is 32.0 Å². The number of carbonyl (C=O) groups excluding carboxylic acids is 1. The molecule has 0 aliphatic carbocycles. The van der Waals surface area contributed by atoms with Gasteiger partial charge >= 0.3 is 0 Å². The van der Waals surface area contributed by atoms with Crippen molar-refractivity contribution in [3.05, 3.63) is 87.9 Å². The molecule has 0 atom stereocenters. The average molecular weight is 429 g/mol. The highest BCUT2D eigenvalue weighted by Crippen LogP contribution is 2.21. The summed E-state index contributed by atoms with van der Waals surface area (Å²) < 4.78 is 1.66. The van der Waals surface area contributed by atoms with Crippen LogP contribution in [0.4, 0.5) is 5.69 Å². The van der Waals surface area contributed by atoms with Crippen molar-refractivity contribution >= 4 is 28.5 Å². The van der Waals surface area contributed by atoms with Crippen LogP contribution in [0.15, 0.2) is 61.1 Å². The maximum Gasteiger partial charge on any atom is 0.287 e. The van der Waals surface area contributed by atoms with Crippen LogP contribution in [-0.4, -0.2) is 15.7 Å². The summed E-state index contributed by atoms with van der Waals surface area (Å²) >= 11 is 0. The molecule has 3 aromatic rings. The minimum atomic E-state index is -0.510. The molecule has 6 nitrogen and oxygen atoms in total. The fourth-order valence-corrected chi connectivity index (χ4v) is 2.79. The highest BCUT2D eigenvalue weighted by molar-refractivity contribution is 8.93. The van der Waals surface area contributed by atoms with Gasteiger partial charge in [-0.3, -0.25) is 14.9 Å². The molecule has 1 heterocycles. The zero-order valence-electron chi connectivity index (χ0n) is 15.0. The number of Topliss-reactive ketones (excluding diaryl/α,β-unsaturated/α-hetero) is 1. The van der Waals surface area contributed by atoms with E-state index in [0.29, 0.717) is 5.56 Å². The molecule has 7 heteroatoms. The molecule has 0 fully saturated rings. The molecule has 0 radical (unpaired) electrons. The molecule has 1 aromatic heterocycles. The Morgan fingerprint density at radius 1 is 1.15 bits per heavy atom. The molecule has 138 valence electrons. The molecule has 2 aromatic carbocycles. The van der Waals surface area contributed by atoms with E-state index in [1.165, 1.54) is 23.8 Å². The summed E-state index contributed by atoms with van der Waals surface area (Å²) in [5, 5.41) is 10.8. The number of halogens is 1. The Hall–Kier alpha value is -2.93. The Morgan fingerprint density at radius 3 is 2.56 bits per heavy atom. The van der Waals surface area contributed by atoms with Crippen LogP contribution in [0.25, 0.3) is 11.3 Å². The predicted octanol–water partition coefficient (Wildman–Crippen LogP) is 4.02. The molecule has 0 aliphatic heterocycles. The van der Waals surface area contributed by atoms with Gasteiger partial charge in [0.05, 0.1) is 11.1 Å². The van der Waals surface area contributed by atoms with Crippen molar-refractivity contribution in [2.75, 3.05) is 0 Å². The van der Waals surface area contributed by atoms with Crippen LogP contribution in [-0.2, 0) is 6.54 Å². The van der Waals surface area contributed by atoms with Crippen molar-refractivity contribution < 1.29 is 14.3 Å². The number of carbonyl (C=O) groups is 1. The predicted molar refractivity (Wildman–Crippen MR) is 107 cm³/mol. The third-order valence-corrected chi connectivity index (χ3v) is 4.13. The van der Waals surface area contributed by atoms with Crippen LogP contribution < -0.4 is 4.57 Å². The Labute approximate surface area is 167 Å². The lowest BCUT2D eigenvalue weighted by molar-refractivity contribution is -0.686. The molecule has 3 rings (SSSR count). The van der Waals surface area contributed by atoms with E-state index < -0.39 is 4.92 Å². The monoisotopic (exact) mass is 428 g/mol. The topological polar surface area (TPSA) is 77.0 Å². The highest BCUT2D eigenvalue weighted by Gasteiger charge is 2.15. The second-order valence-electron chi connectivity index (χ2n) is 6.17. The first-order valence-electron chi connectivity index (χ1n) is 8.14. The first-order chi connectivity index (χ1) is 12.4. The maximum atomic E-state index is 12.4. The summed E-state index contributed by atoms with van der Waals surface area (Å²) in [5.74, 6) is -0.209. The molecule has 27 heavy (non-hydrogen) atoms. The molecule has 0 N–H and O–H groups in total. The largest absolute Gasteiger partial charge is 0.290 e. The van der Waals surface area contributed by atoms with E-state index in [1.54, 1.807) is 23.2 Å². The van der Waals surface area contributed by atoms with Gasteiger partial charge in [0.15, 0.2) is 12.2 Å². The van der Waals surface area contributed by atoms with E-state index in [9.17, 15) is 14.9 Å². The Kier molecular flexibility index (Phi) is 6.52. The summed E-state index contributed by atoms with van der Waals surface area (Å²) in [6.07, 6.45) is 3.39. The number of ketones is 1. The number of nitro benzene ring substituents is 1. The Morgan fingerprint density at radius 2 is 1.93 bits per heavy atom. The van der Waals surface area contributed by atoms with E-state index in [4.69, 9.17) is 0 Å². The van der Waals surface area contributed by atoms with Gasteiger partial charge in [-0.1, -0.05) is 35.9 Å². The fourth-order valence-electron chi connectivity index (χ4n) is 2.79. The summed E-state index contributed by atoms with van der Waals surface area (Å²) in [4.78, 5) is 27.1. The van der Waals surface area contributed by atoms with Crippen LogP contribution in [0, 0.1) is 24.0 Å². The first kappa shape index (κ1) is 20.4. The van der Waals surface area contributed by atoms with E-state index >= 15 is 0 Å². The minimum absolute atomic E-state index is 0. The van der Waals surface area contributed by atoms with Gasteiger partial charge in [-0.2, -0.15) is 0 Å². The van der Waals surface area contributed by atoms with Crippen molar-refractivity contribution in [3.8, 4) is 11.3 Å². The van der Waals surface area contributed by atoms with Crippen molar-refractivity contribution in [3.63, 3.8) is 0 Å². The number of benzene rings is 2. The standard InChI is InChI=1S/C20H18N3O3.BrH/c1-14-6-7-18(15(2)10-14)19-8-9-22(13-21-19)12-20(24)16-4-3-5-17(11-16)23(25)26;/h3-11,13H,12H2,1-2H3;1H/q+1;. The summed E-state index contributed by atoms with van der Waals surface area (Å²) in [6.45, 7) is 4.15. The zero-order chi connectivity index (χ0) is 18.7. The lowest BCUT2D eigenvalue weighted by Gasteiger charge is -2.04. The molecule has 0 saturated heterocycles. The molecular formula is C20H19BrN3O3+. The van der Waals surface area contributed by atoms with Crippen molar-refractivity contribution in [1.82, 2.24) is 4.98 Å². The number of hydrogen-bond donors (Lipinski definition) is 0. The number of rotatable bonds is 5. The number of hydrogen-bond acceptors (Lipinski definition) is 4. The maximum absolute atomic E-state index is 12.4.